The Morgan fingerprint density at radius 3 is 2.57 bits per heavy atom. The molecule has 0 atom stereocenters. The van der Waals surface area contributed by atoms with Crippen molar-refractivity contribution in [3.8, 4) is 6.07 Å². The maximum atomic E-state index is 12.7. The zero-order valence-electron chi connectivity index (χ0n) is 12.1. The van der Waals surface area contributed by atoms with Crippen molar-refractivity contribution in [3.63, 3.8) is 0 Å². The Hall–Kier alpha value is -1.46. The first-order valence-electron chi connectivity index (χ1n) is 6.44. The van der Waals surface area contributed by atoms with E-state index in [9.17, 15) is 13.7 Å². The molecule has 0 fully saturated rings. The molecule has 0 bridgehead atoms. The normalized spacial score (nSPS) is 12.4. The Morgan fingerprint density at radius 2 is 2.04 bits per heavy atom. The molecule has 0 radical (unpaired) electrons. The lowest BCUT2D eigenvalue weighted by molar-refractivity contribution is 0.602. The quantitative estimate of drug-likeness (QED) is 0.761. The van der Waals surface area contributed by atoms with Gasteiger partial charge in [0.15, 0.2) is 4.91 Å². The van der Waals surface area contributed by atoms with Crippen LogP contribution in [0.3, 0.4) is 0 Å². The standard InChI is InChI=1S/C15H13ClN2O2S3/c1-21-15(18-10-12-3-2-8-22-12)14(9-17)23(19,20)13-6-4-11(16)5-7-13/h2-8,18H,10H2,1H3. The zero-order valence-corrected chi connectivity index (χ0v) is 15.3. The van der Waals surface area contributed by atoms with Crippen LogP contribution in [0.15, 0.2) is 56.6 Å². The van der Waals surface area contributed by atoms with Gasteiger partial charge in [-0.25, -0.2) is 8.42 Å². The third kappa shape index (κ3) is 4.30. The second-order valence-electron chi connectivity index (χ2n) is 4.36. The Balaban J connectivity index is 2.37. The van der Waals surface area contributed by atoms with E-state index < -0.39 is 9.84 Å². The van der Waals surface area contributed by atoms with Gasteiger partial charge in [-0.15, -0.1) is 23.1 Å². The fourth-order valence-electron chi connectivity index (χ4n) is 1.79. The van der Waals surface area contributed by atoms with Crippen molar-refractivity contribution < 1.29 is 8.42 Å². The molecule has 1 heterocycles. The highest BCUT2D eigenvalue weighted by molar-refractivity contribution is 8.04. The van der Waals surface area contributed by atoms with Gasteiger partial charge in [-0.2, -0.15) is 5.26 Å². The van der Waals surface area contributed by atoms with E-state index in [4.69, 9.17) is 11.6 Å². The Bertz CT molecular complexity index is 836. The number of allylic oxidation sites excluding steroid dienone is 1. The SMILES string of the molecule is CSC(NCc1cccs1)=C(C#N)S(=O)(=O)c1ccc(Cl)cc1. The largest absolute Gasteiger partial charge is 0.373 e. The van der Waals surface area contributed by atoms with Crippen LogP contribution < -0.4 is 5.32 Å². The summed E-state index contributed by atoms with van der Waals surface area (Å²) in [7, 11) is -3.89. The number of thioether (sulfide) groups is 1. The van der Waals surface area contributed by atoms with E-state index >= 15 is 0 Å². The van der Waals surface area contributed by atoms with Gasteiger partial charge in [0, 0.05) is 16.4 Å². The molecule has 1 aromatic carbocycles. The predicted molar refractivity (Wildman–Crippen MR) is 96.0 cm³/mol. The second kappa shape index (κ2) is 7.88. The van der Waals surface area contributed by atoms with Gasteiger partial charge < -0.3 is 5.32 Å². The van der Waals surface area contributed by atoms with Crippen LogP contribution >= 0.6 is 34.7 Å². The van der Waals surface area contributed by atoms with Gasteiger partial charge in [-0.05, 0) is 42.0 Å². The van der Waals surface area contributed by atoms with E-state index in [0.29, 0.717) is 16.6 Å². The minimum absolute atomic E-state index is 0.0444. The van der Waals surface area contributed by atoms with Crippen LogP contribution in [0, 0.1) is 11.3 Å². The molecule has 0 aliphatic heterocycles. The number of halogens is 1. The number of hydrogen-bond donors (Lipinski definition) is 1. The van der Waals surface area contributed by atoms with E-state index in [1.165, 1.54) is 36.0 Å². The maximum absolute atomic E-state index is 12.7. The van der Waals surface area contributed by atoms with Crippen LogP contribution in [-0.2, 0) is 16.4 Å². The number of thiophene rings is 1. The van der Waals surface area contributed by atoms with Gasteiger partial charge in [0.05, 0.1) is 9.92 Å². The molecular weight excluding hydrogens is 372 g/mol. The van der Waals surface area contributed by atoms with Crippen molar-refractivity contribution >= 4 is 44.5 Å². The molecule has 0 aliphatic carbocycles. The zero-order chi connectivity index (χ0) is 16.9. The second-order valence-corrected chi connectivity index (χ2v) is 8.54. The summed E-state index contributed by atoms with van der Waals surface area (Å²) in [5.41, 5.74) is 0. The molecule has 2 aromatic rings. The fourth-order valence-corrected chi connectivity index (χ4v) is 4.75. The Labute approximate surface area is 148 Å². The highest BCUT2D eigenvalue weighted by atomic mass is 35.5. The highest BCUT2D eigenvalue weighted by Crippen LogP contribution is 2.26. The average Bonchev–Trinajstić information content (AvgIpc) is 3.05. The van der Waals surface area contributed by atoms with E-state index in [1.54, 1.807) is 17.6 Å². The lowest BCUT2D eigenvalue weighted by Gasteiger charge is -2.11. The van der Waals surface area contributed by atoms with Crippen molar-refractivity contribution in [1.29, 1.82) is 5.26 Å². The molecule has 4 nitrogen and oxygen atoms in total. The number of nitrogens with one attached hydrogen (secondary N) is 1. The van der Waals surface area contributed by atoms with Crippen molar-refractivity contribution in [2.24, 2.45) is 0 Å². The lowest BCUT2D eigenvalue weighted by atomic mass is 10.4. The van der Waals surface area contributed by atoms with E-state index in [0.717, 1.165) is 4.88 Å². The molecule has 1 N–H and O–H groups in total. The third-order valence-corrected chi connectivity index (χ3v) is 6.65. The molecule has 8 heteroatoms. The Morgan fingerprint density at radius 1 is 1.35 bits per heavy atom. The summed E-state index contributed by atoms with van der Waals surface area (Å²) in [5.74, 6) is 0. The van der Waals surface area contributed by atoms with Crippen LogP contribution in [0.5, 0.6) is 0 Å². The molecule has 0 saturated heterocycles. The van der Waals surface area contributed by atoms with Crippen LogP contribution in [0.2, 0.25) is 5.02 Å². The predicted octanol–water partition coefficient (Wildman–Crippen LogP) is 4.02. The maximum Gasteiger partial charge on any atom is 0.219 e. The summed E-state index contributed by atoms with van der Waals surface area (Å²) in [6.45, 7) is 0.467. The van der Waals surface area contributed by atoms with Crippen LogP contribution in [0.4, 0.5) is 0 Å². The minimum Gasteiger partial charge on any atom is -0.373 e. The molecule has 0 spiro atoms. The first kappa shape index (κ1) is 17.9. The summed E-state index contributed by atoms with van der Waals surface area (Å²) in [6.07, 6.45) is 1.73. The molecular formula is C15H13ClN2O2S3. The lowest BCUT2D eigenvalue weighted by Crippen LogP contribution is -2.16. The monoisotopic (exact) mass is 384 g/mol. The van der Waals surface area contributed by atoms with Gasteiger partial charge in [-0.3, -0.25) is 0 Å². The number of benzene rings is 1. The van der Waals surface area contributed by atoms with Crippen LogP contribution in [0.1, 0.15) is 4.88 Å². The molecule has 2 rings (SSSR count). The Kier molecular flexibility index (Phi) is 6.13. The summed E-state index contributed by atoms with van der Waals surface area (Å²) < 4.78 is 25.3. The summed E-state index contributed by atoms with van der Waals surface area (Å²) in [6, 6.07) is 11.4. The first-order chi connectivity index (χ1) is 11.0. The van der Waals surface area contributed by atoms with E-state index in [1.807, 2.05) is 23.6 Å². The molecule has 0 unspecified atom stereocenters. The molecule has 23 heavy (non-hydrogen) atoms. The first-order valence-corrected chi connectivity index (χ1v) is 10.4. The number of nitriles is 1. The molecule has 0 aliphatic rings. The summed E-state index contributed by atoms with van der Waals surface area (Å²) >= 11 is 8.54. The van der Waals surface area contributed by atoms with Crippen molar-refractivity contribution in [3.05, 3.63) is 61.6 Å². The van der Waals surface area contributed by atoms with Gasteiger partial charge in [0.2, 0.25) is 9.84 Å². The number of hydrogen-bond acceptors (Lipinski definition) is 6. The summed E-state index contributed by atoms with van der Waals surface area (Å²) in [4.78, 5) is 0.810. The molecule has 0 saturated carbocycles. The van der Waals surface area contributed by atoms with Crippen LogP contribution in [0.25, 0.3) is 0 Å². The van der Waals surface area contributed by atoms with Crippen molar-refractivity contribution in [2.75, 3.05) is 6.26 Å². The van der Waals surface area contributed by atoms with Gasteiger partial charge in [0.25, 0.3) is 0 Å². The average molecular weight is 385 g/mol. The smallest absolute Gasteiger partial charge is 0.219 e. The molecule has 1 aromatic heterocycles. The van der Waals surface area contributed by atoms with Gasteiger partial charge in [0.1, 0.15) is 6.07 Å². The fraction of sp³-hybridized carbons (Fsp3) is 0.133. The highest BCUT2D eigenvalue weighted by Gasteiger charge is 2.24. The van der Waals surface area contributed by atoms with Crippen LogP contribution in [-0.4, -0.2) is 14.7 Å². The van der Waals surface area contributed by atoms with Crippen molar-refractivity contribution in [1.82, 2.24) is 5.32 Å². The number of sulfone groups is 1. The number of nitrogens with zero attached hydrogens (tertiary/aromatic N) is 1. The van der Waals surface area contributed by atoms with E-state index in [2.05, 4.69) is 5.32 Å². The summed E-state index contributed by atoms with van der Waals surface area (Å²) in [5, 5.41) is 15.1. The number of rotatable bonds is 6. The molecule has 120 valence electrons. The third-order valence-electron chi connectivity index (χ3n) is 2.91. The molecule has 0 amide bonds. The van der Waals surface area contributed by atoms with Gasteiger partial charge >= 0.3 is 0 Å². The van der Waals surface area contributed by atoms with E-state index in [-0.39, 0.29) is 9.80 Å². The van der Waals surface area contributed by atoms with Crippen molar-refractivity contribution in [2.45, 2.75) is 11.4 Å². The van der Waals surface area contributed by atoms with Gasteiger partial charge in [-0.1, -0.05) is 17.7 Å². The topological polar surface area (TPSA) is 70.0 Å². The minimum atomic E-state index is -3.89.